The molecule has 0 aromatic heterocycles. The minimum atomic E-state index is -1.90. The van der Waals surface area contributed by atoms with Gasteiger partial charge >= 0.3 is 5.97 Å². The molecule has 2 nitrogen and oxygen atoms in total. The van der Waals surface area contributed by atoms with Gasteiger partial charge < -0.3 is 4.74 Å². The predicted octanol–water partition coefficient (Wildman–Crippen LogP) is 5.08. The molecule has 0 saturated heterocycles. The zero-order valence-corrected chi connectivity index (χ0v) is 13.1. The molecule has 2 rings (SSSR count). The quantitative estimate of drug-likeness (QED) is 0.190. The number of benzene rings is 2. The monoisotopic (exact) mass is 358 g/mol. The number of ether oxygens (including phenoxy) is 1. The lowest BCUT2D eigenvalue weighted by Gasteiger charge is -2.10. The van der Waals surface area contributed by atoms with E-state index in [9.17, 15) is 22.4 Å². The molecule has 0 radical (unpaired) electrons. The van der Waals surface area contributed by atoms with Gasteiger partial charge in [-0.05, 0) is 30.2 Å². The fourth-order valence-corrected chi connectivity index (χ4v) is 2.17. The van der Waals surface area contributed by atoms with Crippen molar-refractivity contribution in [1.29, 1.82) is 0 Å². The number of rotatable bonds is 4. The molecule has 0 bridgehead atoms. The van der Waals surface area contributed by atoms with Crippen LogP contribution in [0, 0.1) is 23.3 Å². The number of esters is 1. The van der Waals surface area contributed by atoms with Gasteiger partial charge in [0.05, 0.1) is 0 Å². The molecule has 24 heavy (non-hydrogen) atoms. The van der Waals surface area contributed by atoms with Crippen molar-refractivity contribution in [2.24, 2.45) is 0 Å². The van der Waals surface area contributed by atoms with E-state index in [0.29, 0.717) is 10.6 Å². The molecule has 2 aromatic carbocycles. The molecule has 0 heterocycles. The van der Waals surface area contributed by atoms with Gasteiger partial charge in [-0.25, -0.2) is 18.0 Å². The smallest absolute Gasteiger partial charge is 0.336 e. The Labute approximate surface area is 140 Å². The average Bonchev–Trinajstić information content (AvgIpc) is 2.56. The Morgan fingerprint density at radius 1 is 1.12 bits per heavy atom. The number of carbonyl (C=O) groups excluding carboxylic acids is 1. The number of hydrogen-bond donors (Lipinski definition) is 0. The molecule has 0 fully saturated rings. The molecule has 0 aliphatic rings. The van der Waals surface area contributed by atoms with Crippen LogP contribution in [-0.2, 0) is 11.2 Å². The second-order valence-electron chi connectivity index (χ2n) is 4.73. The highest BCUT2D eigenvalue weighted by Gasteiger charge is 2.26. The van der Waals surface area contributed by atoms with Gasteiger partial charge in [-0.3, -0.25) is 0 Å². The molecule has 0 saturated carbocycles. The van der Waals surface area contributed by atoms with Crippen LogP contribution in [0.4, 0.5) is 17.6 Å². The lowest BCUT2D eigenvalue weighted by atomic mass is 10.1. The molecular formula is C17H11ClF4O2. The molecule has 126 valence electrons. The summed E-state index contributed by atoms with van der Waals surface area (Å²) >= 11 is 5.77. The first-order chi connectivity index (χ1) is 11.3. The molecule has 0 amide bonds. The third kappa shape index (κ3) is 3.76. The van der Waals surface area contributed by atoms with Crippen molar-refractivity contribution in [3.8, 4) is 5.75 Å². The minimum Gasteiger partial charge on any atom is -0.417 e. The van der Waals surface area contributed by atoms with Crippen molar-refractivity contribution in [2.45, 2.75) is 13.3 Å². The standard InChI is InChI=1S/C17H11ClF4O2/c1-2-11-13(19)15(21)16(22)17(14(11)20)24-12(23)7-6-9-4-3-5-10(18)8-9/h3-8H,2H2,1H3/b7-6+. The first kappa shape index (κ1) is 18.0. The molecule has 2 aromatic rings. The van der Waals surface area contributed by atoms with E-state index in [4.69, 9.17) is 11.6 Å². The van der Waals surface area contributed by atoms with E-state index in [-0.39, 0.29) is 6.42 Å². The normalized spacial score (nSPS) is 11.1. The van der Waals surface area contributed by atoms with E-state index in [1.165, 1.54) is 13.0 Å². The topological polar surface area (TPSA) is 26.3 Å². The van der Waals surface area contributed by atoms with Crippen LogP contribution >= 0.6 is 11.6 Å². The minimum absolute atomic E-state index is 0.238. The second-order valence-corrected chi connectivity index (χ2v) is 5.16. The van der Waals surface area contributed by atoms with Gasteiger partial charge in [0.25, 0.3) is 0 Å². The molecule has 0 atom stereocenters. The Hall–Kier alpha value is -2.34. The summed E-state index contributed by atoms with van der Waals surface area (Å²) in [5.74, 6) is -9.30. The summed E-state index contributed by atoms with van der Waals surface area (Å²) in [5, 5.41) is 0.427. The van der Waals surface area contributed by atoms with Crippen LogP contribution in [0.1, 0.15) is 18.1 Å². The van der Waals surface area contributed by atoms with Crippen molar-refractivity contribution < 1.29 is 27.1 Å². The van der Waals surface area contributed by atoms with E-state index in [2.05, 4.69) is 4.74 Å². The summed E-state index contributed by atoms with van der Waals surface area (Å²) in [6.07, 6.45) is 1.94. The van der Waals surface area contributed by atoms with Crippen LogP contribution < -0.4 is 4.74 Å². The maximum Gasteiger partial charge on any atom is 0.336 e. The summed E-state index contributed by atoms with van der Waals surface area (Å²) in [6, 6.07) is 6.42. The molecule has 0 aliphatic carbocycles. The Kier molecular flexibility index (Phi) is 5.62. The van der Waals surface area contributed by atoms with Gasteiger partial charge in [0.15, 0.2) is 17.5 Å². The first-order valence-corrected chi connectivity index (χ1v) is 7.23. The van der Waals surface area contributed by atoms with E-state index < -0.39 is 40.6 Å². The molecule has 0 unspecified atom stereocenters. The van der Waals surface area contributed by atoms with Gasteiger partial charge in [-0.15, -0.1) is 0 Å². The zero-order valence-electron chi connectivity index (χ0n) is 12.4. The van der Waals surface area contributed by atoms with Crippen molar-refractivity contribution in [3.05, 3.63) is 69.8 Å². The largest absolute Gasteiger partial charge is 0.417 e. The van der Waals surface area contributed by atoms with Crippen LogP contribution in [0.15, 0.2) is 30.3 Å². The number of hydrogen-bond acceptors (Lipinski definition) is 2. The molecular weight excluding hydrogens is 348 g/mol. The molecule has 7 heteroatoms. The fraction of sp³-hybridized carbons (Fsp3) is 0.118. The van der Waals surface area contributed by atoms with Crippen molar-refractivity contribution in [1.82, 2.24) is 0 Å². The molecule has 0 spiro atoms. The van der Waals surface area contributed by atoms with Crippen LogP contribution in [-0.4, -0.2) is 5.97 Å². The lowest BCUT2D eigenvalue weighted by Crippen LogP contribution is -2.11. The predicted molar refractivity (Wildman–Crippen MR) is 81.8 cm³/mol. The number of halogens is 5. The third-order valence-corrected chi connectivity index (χ3v) is 3.37. The van der Waals surface area contributed by atoms with Crippen molar-refractivity contribution in [2.75, 3.05) is 0 Å². The highest BCUT2D eigenvalue weighted by molar-refractivity contribution is 6.30. The summed E-state index contributed by atoms with van der Waals surface area (Å²) < 4.78 is 59.0. The highest BCUT2D eigenvalue weighted by Crippen LogP contribution is 2.30. The van der Waals surface area contributed by atoms with Gasteiger partial charge in [-0.2, -0.15) is 4.39 Å². The Morgan fingerprint density at radius 2 is 1.83 bits per heavy atom. The van der Waals surface area contributed by atoms with Crippen molar-refractivity contribution >= 4 is 23.6 Å². The van der Waals surface area contributed by atoms with E-state index in [1.807, 2.05) is 0 Å². The van der Waals surface area contributed by atoms with Crippen LogP contribution in [0.3, 0.4) is 0 Å². The van der Waals surface area contributed by atoms with Gasteiger partial charge in [0, 0.05) is 16.7 Å². The average molecular weight is 359 g/mol. The zero-order chi connectivity index (χ0) is 17.9. The Morgan fingerprint density at radius 3 is 2.46 bits per heavy atom. The lowest BCUT2D eigenvalue weighted by molar-refractivity contribution is -0.129. The van der Waals surface area contributed by atoms with Gasteiger partial charge in [0.2, 0.25) is 11.6 Å². The summed E-state index contributed by atoms with van der Waals surface area (Å²) in [6.45, 7) is 1.35. The molecule has 0 N–H and O–H groups in total. The highest BCUT2D eigenvalue weighted by atomic mass is 35.5. The van der Waals surface area contributed by atoms with Gasteiger partial charge in [-0.1, -0.05) is 30.7 Å². The third-order valence-electron chi connectivity index (χ3n) is 3.13. The van der Waals surface area contributed by atoms with E-state index >= 15 is 0 Å². The summed E-state index contributed by atoms with van der Waals surface area (Å²) in [7, 11) is 0. The van der Waals surface area contributed by atoms with Crippen molar-refractivity contribution in [3.63, 3.8) is 0 Å². The summed E-state index contributed by atoms with van der Waals surface area (Å²) in [5.41, 5.74) is -0.157. The van der Waals surface area contributed by atoms with Crippen LogP contribution in [0.2, 0.25) is 5.02 Å². The van der Waals surface area contributed by atoms with Crippen LogP contribution in [0.5, 0.6) is 5.75 Å². The molecule has 0 aliphatic heterocycles. The maximum atomic E-state index is 14.0. The van der Waals surface area contributed by atoms with Gasteiger partial charge in [0.1, 0.15) is 0 Å². The Bertz CT molecular complexity index is 819. The summed E-state index contributed by atoms with van der Waals surface area (Å²) in [4.78, 5) is 11.7. The van der Waals surface area contributed by atoms with Crippen LogP contribution in [0.25, 0.3) is 6.08 Å². The number of carbonyl (C=O) groups is 1. The Balaban J connectivity index is 2.28. The maximum absolute atomic E-state index is 14.0. The van der Waals surface area contributed by atoms with E-state index in [1.54, 1.807) is 24.3 Å². The van der Waals surface area contributed by atoms with E-state index in [0.717, 1.165) is 6.08 Å². The first-order valence-electron chi connectivity index (χ1n) is 6.85. The second kappa shape index (κ2) is 7.49. The fourth-order valence-electron chi connectivity index (χ4n) is 1.97. The SMILES string of the molecule is CCc1c(F)c(F)c(F)c(OC(=O)/C=C/c2cccc(Cl)c2)c1F.